The van der Waals surface area contributed by atoms with Crippen LogP contribution in [0, 0.1) is 5.41 Å². The molecule has 98 valence electrons. The van der Waals surface area contributed by atoms with Gasteiger partial charge in [0.2, 0.25) is 0 Å². The Balaban J connectivity index is 2.02. The van der Waals surface area contributed by atoms with Crippen LogP contribution in [0.15, 0.2) is 18.2 Å². The minimum atomic E-state index is 0.342. The number of halogens is 1. The van der Waals surface area contributed by atoms with Gasteiger partial charge in [-0.2, -0.15) is 0 Å². The molecule has 1 saturated carbocycles. The summed E-state index contributed by atoms with van der Waals surface area (Å²) < 4.78 is 0. The quantitative estimate of drug-likeness (QED) is 0.821. The third-order valence-electron chi connectivity index (χ3n) is 3.76. The summed E-state index contributed by atoms with van der Waals surface area (Å²) >= 11 is 11.1. The summed E-state index contributed by atoms with van der Waals surface area (Å²) in [5, 5.41) is 4.08. The van der Waals surface area contributed by atoms with Gasteiger partial charge in [0.05, 0.1) is 5.02 Å². The lowest BCUT2D eigenvalue weighted by atomic mass is 9.89. The molecule has 4 heteroatoms. The zero-order valence-corrected chi connectivity index (χ0v) is 12.2. The van der Waals surface area contributed by atoms with Crippen molar-refractivity contribution in [3.8, 4) is 0 Å². The number of benzene rings is 1. The first-order valence-corrected chi connectivity index (χ1v) is 7.12. The lowest BCUT2D eigenvalue weighted by molar-refractivity contribution is 0.362. The van der Waals surface area contributed by atoms with E-state index in [4.69, 9.17) is 29.6 Å². The molecule has 1 aliphatic rings. The summed E-state index contributed by atoms with van der Waals surface area (Å²) in [5.74, 6) is 0. The molecule has 1 fully saturated rings. The maximum absolute atomic E-state index is 6.15. The Kier molecular flexibility index (Phi) is 4.13. The first-order chi connectivity index (χ1) is 8.50. The predicted octanol–water partition coefficient (Wildman–Crippen LogP) is 3.97. The standard InChI is InChI=1S/C14H19ClN2S/c1-14(6-2-3-7-14)9-17-10-4-5-11(13(16)18)12(15)8-10/h4-5,8,17H,2-3,6-7,9H2,1H3,(H2,16,18). The molecule has 1 aromatic carbocycles. The fourth-order valence-corrected chi connectivity index (χ4v) is 3.06. The van der Waals surface area contributed by atoms with Gasteiger partial charge in [-0.25, -0.2) is 0 Å². The molecule has 0 bridgehead atoms. The second kappa shape index (κ2) is 5.45. The Morgan fingerprint density at radius 1 is 1.44 bits per heavy atom. The Morgan fingerprint density at radius 2 is 2.11 bits per heavy atom. The van der Waals surface area contributed by atoms with Gasteiger partial charge in [-0.3, -0.25) is 0 Å². The third kappa shape index (κ3) is 3.15. The first kappa shape index (κ1) is 13.6. The van der Waals surface area contributed by atoms with E-state index in [9.17, 15) is 0 Å². The van der Waals surface area contributed by atoms with E-state index in [0.29, 0.717) is 15.4 Å². The van der Waals surface area contributed by atoms with Gasteiger partial charge in [0.15, 0.2) is 0 Å². The largest absolute Gasteiger partial charge is 0.389 e. The fraction of sp³-hybridized carbons (Fsp3) is 0.500. The maximum atomic E-state index is 6.15. The summed E-state index contributed by atoms with van der Waals surface area (Å²) in [6.45, 7) is 3.34. The van der Waals surface area contributed by atoms with E-state index < -0.39 is 0 Å². The van der Waals surface area contributed by atoms with E-state index >= 15 is 0 Å². The maximum Gasteiger partial charge on any atom is 0.105 e. The molecule has 0 aliphatic heterocycles. The second-order valence-electron chi connectivity index (χ2n) is 5.43. The van der Waals surface area contributed by atoms with Crippen LogP contribution < -0.4 is 11.1 Å². The Bertz CT molecular complexity index is 453. The number of anilines is 1. The molecule has 3 N–H and O–H groups in total. The van der Waals surface area contributed by atoms with Gasteiger partial charge in [0.25, 0.3) is 0 Å². The number of hydrogen-bond donors (Lipinski definition) is 2. The van der Waals surface area contributed by atoms with Crippen molar-refractivity contribution in [2.75, 3.05) is 11.9 Å². The van der Waals surface area contributed by atoms with Gasteiger partial charge >= 0.3 is 0 Å². The van der Waals surface area contributed by atoms with Crippen LogP contribution in [0.3, 0.4) is 0 Å². The van der Waals surface area contributed by atoms with Crippen molar-refractivity contribution in [2.24, 2.45) is 11.1 Å². The molecule has 2 rings (SSSR count). The zero-order valence-electron chi connectivity index (χ0n) is 10.6. The van der Waals surface area contributed by atoms with E-state index in [1.807, 2.05) is 18.2 Å². The summed E-state index contributed by atoms with van der Waals surface area (Å²) in [6, 6.07) is 5.76. The van der Waals surface area contributed by atoms with Crippen molar-refractivity contribution in [2.45, 2.75) is 32.6 Å². The number of hydrogen-bond acceptors (Lipinski definition) is 2. The van der Waals surface area contributed by atoms with Crippen LogP contribution in [0.1, 0.15) is 38.2 Å². The highest BCUT2D eigenvalue weighted by Gasteiger charge is 2.28. The molecule has 0 heterocycles. The molecule has 0 saturated heterocycles. The monoisotopic (exact) mass is 282 g/mol. The van der Waals surface area contributed by atoms with Gasteiger partial charge in [0.1, 0.15) is 4.99 Å². The van der Waals surface area contributed by atoms with E-state index in [0.717, 1.165) is 17.8 Å². The lowest BCUT2D eigenvalue weighted by Crippen LogP contribution is -2.23. The van der Waals surface area contributed by atoms with Gasteiger partial charge in [-0.15, -0.1) is 0 Å². The number of nitrogens with one attached hydrogen (secondary N) is 1. The minimum Gasteiger partial charge on any atom is -0.389 e. The number of thiocarbonyl (C=S) groups is 1. The van der Waals surface area contributed by atoms with E-state index in [-0.39, 0.29) is 0 Å². The molecule has 0 radical (unpaired) electrons. The molecule has 0 atom stereocenters. The molecule has 0 spiro atoms. The SMILES string of the molecule is CC1(CNc2ccc(C(N)=S)c(Cl)c2)CCCC1. The van der Waals surface area contributed by atoms with Crippen molar-refractivity contribution in [3.63, 3.8) is 0 Å². The molecule has 1 aromatic rings. The second-order valence-corrected chi connectivity index (χ2v) is 6.28. The van der Waals surface area contributed by atoms with Crippen molar-refractivity contribution in [1.82, 2.24) is 0 Å². The van der Waals surface area contributed by atoms with Gasteiger partial charge in [-0.1, -0.05) is 43.6 Å². The molecule has 18 heavy (non-hydrogen) atoms. The molecule has 0 amide bonds. The molecule has 0 unspecified atom stereocenters. The topological polar surface area (TPSA) is 38.0 Å². The minimum absolute atomic E-state index is 0.342. The van der Waals surface area contributed by atoms with Crippen LogP contribution in [-0.2, 0) is 0 Å². The Hall–Kier alpha value is -0.800. The van der Waals surface area contributed by atoms with Crippen molar-refractivity contribution < 1.29 is 0 Å². The fourth-order valence-electron chi connectivity index (χ4n) is 2.55. The smallest absolute Gasteiger partial charge is 0.105 e. The van der Waals surface area contributed by atoms with Crippen molar-refractivity contribution in [3.05, 3.63) is 28.8 Å². The van der Waals surface area contributed by atoms with E-state index in [1.54, 1.807) is 0 Å². The predicted molar refractivity (Wildman–Crippen MR) is 82.4 cm³/mol. The molecular formula is C14H19ClN2S. The van der Waals surface area contributed by atoms with Crippen LogP contribution in [0.2, 0.25) is 5.02 Å². The van der Waals surface area contributed by atoms with Crippen LogP contribution in [0.5, 0.6) is 0 Å². The highest BCUT2D eigenvalue weighted by Crippen LogP contribution is 2.37. The Morgan fingerprint density at radius 3 is 2.67 bits per heavy atom. The lowest BCUT2D eigenvalue weighted by Gasteiger charge is -2.24. The molecule has 0 aromatic heterocycles. The van der Waals surface area contributed by atoms with Crippen molar-refractivity contribution >= 4 is 34.5 Å². The molecule has 2 nitrogen and oxygen atoms in total. The zero-order chi connectivity index (χ0) is 13.2. The normalized spacial score (nSPS) is 17.7. The van der Waals surface area contributed by atoms with Crippen molar-refractivity contribution in [1.29, 1.82) is 0 Å². The summed E-state index contributed by atoms with van der Waals surface area (Å²) in [4.78, 5) is 0.342. The number of rotatable bonds is 4. The van der Waals surface area contributed by atoms with E-state index in [1.165, 1.54) is 25.7 Å². The van der Waals surface area contributed by atoms with Crippen LogP contribution >= 0.6 is 23.8 Å². The first-order valence-electron chi connectivity index (χ1n) is 6.33. The van der Waals surface area contributed by atoms with E-state index in [2.05, 4.69) is 12.2 Å². The average molecular weight is 283 g/mol. The van der Waals surface area contributed by atoms with Gasteiger partial charge in [0, 0.05) is 17.8 Å². The highest BCUT2D eigenvalue weighted by molar-refractivity contribution is 7.80. The highest BCUT2D eigenvalue weighted by atomic mass is 35.5. The third-order valence-corrected chi connectivity index (χ3v) is 4.30. The summed E-state index contributed by atoms with van der Waals surface area (Å²) in [7, 11) is 0. The summed E-state index contributed by atoms with van der Waals surface area (Å²) in [5.41, 5.74) is 7.79. The number of nitrogens with two attached hydrogens (primary N) is 1. The average Bonchev–Trinajstić information content (AvgIpc) is 2.74. The molecular weight excluding hydrogens is 264 g/mol. The van der Waals surface area contributed by atoms with Gasteiger partial charge < -0.3 is 11.1 Å². The van der Waals surface area contributed by atoms with Crippen LogP contribution in [-0.4, -0.2) is 11.5 Å². The molecule has 1 aliphatic carbocycles. The van der Waals surface area contributed by atoms with Crippen LogP contribution in [0.25, 0.3) is 0 Å². The van der Waals surface area contributed by atoms with Gasteiger partial charge in [-0.05, 0) is 36.5 Å². The Labute approximate surface area is 119 Å². The summed E-state index contributed by atoms with van der Waals surface area (Å²) in [6.07, 6.45) is 5.30. The van der Waals surface area contributed by atoms with Crippen LogP contribution in [0.4, 0.5) is 5.69 Å².